The first kappa shape index (κ1) is 26.2. The molecule has 5 heteroatoms. The Hall–Kier alpha value is -1.08. The summed E-state index contributed by atoms with van der Waals surface area (Å²) in [7, 11) is 1.67. The summed E-state index contributed by atoms with van der Waals surface area (Å²) in [6.07, 6.45) is 12.1. The summed E-state index contributed by atoms with van der Waals surface area (Å²) in [6, 6.07) is 14.0. The van der Waals surface area contributed by atoms with Gasteiger partial charge >= 0.3 is 199 Å². The number of methoxy groups -OCH3 is 1. The van der Waals surface area contributed by atoms with Gasteiger partial charge in [-0.25, -0.2) is 0 Å². The maximum absolute atomic E-state index is 7.95. The van der Waals surface area contributed by atoms with Crippen LogP contribution in [0.4, 0.5) is 5.69 Å². The van der Waals surface area contributed by atoms with Gasteiger partial charge in [-0.1, -0.05) is 0 Å². The Morgan fingerprint density at radius 2 is 1.42 bits per heavy atom. The minimum atomic E-state index is -2.69. The second-order valence-electron chi connectivity index (χ2n) is 8.48. The molecule has 0 saturated carbocycles. The van der Waals surface area contributed by atoms with Crippen LogP contribution in [0.3, 0.4) is 0 Å². The van der Waals surface area contributed by atoms with E-state index in [1.165, 1.54) is 5.30 Å². The van der Waals surface area contributed by atoms with Crippen LogP contribution in [0, 0.1) is 0 Å². The first-order chi connectivity index (χ1) is 14.9. The summed E-state index contributed by atoms with van der Waals surface area (Å²) in [5, 5.41) is 2.02. The van der Waals surface area contributed by atoms with Crippen LogP contribution in [-0.4, -0.2) is 31.8 Å². The molecule has 0 N–H and O–H groups in total. The standard InChI is InChI=1S/C26H38Cl2NOP/c1-5-8-17-31(28,18-9-6-2,19-10-7-3)26-20-23(27)12-11-22(26)21-29-24-13-15-25(30-4)16-14-24/h11-16,20-21H,5-10,17-19H2,1-4H3. The van der Waals surface area contributed by atoms with E-state index in [-0.39, 0.29) is 0 Å². The van der Waals surface area contributed by atoms with E-state index in [9.17, 15) is 0 Å². The molecular weight excluding hydrogens is 444 g/mol. The summed E-state index contributed by atoms with van der Waals surface area (Å²) < 4.78 is 5.26. The van der Waals surface area contributed by atoms with Crippen molar-refractivity contribution in [2.75, 3.05) is 25.6 Å². The fourth-order valence-corrected chi connectivity index (χ4v) is 11.7. The molecule has 0 radical (unpaired) electrons. The molecule has 2 nitrogen and oxygen atoms in total. The Morgan fingerprint density at radius 3 is 1.90 bits per heavy atom. The van der Waals surface area contributed by atoms with Crippen LogP contribution in [-0.2, 0) is 0 Å². The Bertz CT molecular complexity index is 826. The molecule has 0 fully saturated rings. The molecule has 2 rings (SSSR count). The van der Waals surface area contributed by atoms with Crippen LogP contribution >= 0.6 is 28.8 Å². The van der Waals surface area contributed by atoms with Crippen LogP contribution < -0.4 is 10.0 Å². The number of nitrogens with zero attached hydrogens (tertiary/aromatic N) is 1. The molecule has 0 bridgehead atoms. The Kier molecular flexibility index (Phi) is 10.3. The number of halogens is 2. The van der Waals surface area contributed by atoms with Crippen molar-refractivity contribution in [2.45, 2.75) is 59.3 Å². The molecule has 0 aliphatic heterocycles. The second kappa shape index (κ2) is 12.2. The normalized spacial score (nSPS) is 13.3. The van der Waals surface area contributed by atoms with Gasteiger partial charge in [-0.3, -0.25) is 0 Å². The van der Waals surface area contributed by atoms with Gasteiger partial charge in [0.05, 0.1) is 0 Å². The fraction of sp³-hybridized carbons (Fsp3) is 0.500. The summed E-state index contributed by atoms with van der Waals surface area (Å²) in [5.74, 6) is -1.86. The van der Waals surface area contributed by atoms with Gasteiger partial charge in [-0.05, 0) is 0 Å². The van der Waals surface area contributed by atoms with Crippen molar-refractivity contribution in [1.29, 1.82) is 0 Å². The SMILES string of the molecule is CCCCP(Cl)(CCCC)(CCCC)c1cc(Cl)ccc1C=Nc1ccc(OC)cc1. The van der Waals surface area contributed by atoms with Crippen molar-refractivity contribution >= 4 is 46.0 Å². The Balaban J connectivity index is 2.57. The minimum absolute atomic E-state index is 0.760. The first-order valence-electron chi connectivity index (χ1n) is 11.6. The second-order valence-corrected chi connectivity index (χ2v) is 16.6. The number of unbranched alkanes of at least 4 members (excludes halogenated alkanes) is 3. The third-order valence-electron chi connectivity index (χ3n) is 6.09. The predicted octanol–water partition coefficient (Wildman–Crippen LogP) is 8.83. The number of rotatable bonds is 13. The van der Waals surface area contributed by atoms with Gasteiger partial charge in [0, 0.05) is 0 Å². The average molecular weight is 482 g/mol. The van der Waals surface area contributed by atoms with Gasteiger partial charge in [-0.2, -0.15) is 0 Å². The van der Waals surface area contributed by atoms with E-state index in [4.69, 9.17) is 32.6 Å². The molecule has 2 aromatic rings. The number of hydrogen-bond acceptors (Lipinski definition) is 2. The zero-order valence-electron chi connectivity index (χ0n) is 19.5. The predicted molar refractivity (Wildman–Crippen MR) is 143 cm³/mol. The third-order valence-corrected chi connectivity index (χ3v) is 14.0. The third kappa shape index (κ3) is 6.95. The molecule has 0 saturated heterocycles. The van der Waals surface area contributed by atoms with Gasteiger partial charge in [0.2, 0.25) is 0 Å². The van der Waals surface area contributed by atoms with Crippen LogP contribution in [0.15, 0.2) is 47.5 Å². The van der Waals surface area contributed by atoms with Crippen LogP contribution in [0.5, 0.6) is 5.75 Å². The van der Waals surface area contributed by atoms with E-state index in [1.807, 2.05) is 36.5 Å². The van der Waals surface area contributed by atoms with Gasteiger partial charge < -0.3 is 0 Å². The van der Waals surface area contributed by atoms with Crippen LogP contribution in [0.25, 0.3) is 0 Å². The van der Waals surface area contributed by atoms with Crippen molar-refractivity contribution < 1.29 is 4.74 Å². The number of ether oxygens (including phenoxy) is 1. The molecule has 0 heterocycles. The van der Waals surface area contributed by atoms with Crippen molar-refractivity contribution in [3.63, 3.8) is 0 Å². The molecule has 0 aliphatic carbocycles. The van der Waals surface area contributed by atoms with Crippen molar-refractivity contribution in [1.82, 2.24) is 0 Å². The van der Waals surface area contributed by atoms with Gasteiger partial charge in [0.25, 0.3) is 0 Å². The molecule has 0 unspecified atom stereocenters. The summed E-state index contributed by atoms with van der Waals surface area (Å²) in [5.41, 5.74) is 2.00. The average Bonchev–Trinajstić information content (AvgIpc) is 2.80. The molecule has 2 aromatic carbocycles. The van der Waals surface area contributed by atoms with E-state index in [2.05, 4.69) is 32.9 Å². The van der Waals surface area contributed by atoms with Crippen molar-refractivity contribution in [3.8, 4) is 5.75 Å². The summed E-state index contributed by atoms with van der Waals surface area (Å²) >= 11 is 14.5. The molecule has 0 amide bonds. The molecule has 0 aromatic heterocycles. The quantitative estimate of drug-likeness (QED) is 0.206. The van der Waals surface area contributed by atoms with Gasteiger partial charge in [-0.15, -0.1) is 0 Å². The molecule has 0 atom stereocenters. The molecule has 172 valence electrons. The van der Waals surface area contributed by atoms with E-state index >= 15 is 0 Å². The first-order valence-corrected chi connectivity index (χ1v) is 15.7. The van der Waals surface area contributed by atoms with E-state index in [0.29, 0.717) is 0 Å². The summed E-state index contributed by atoms with van der Waals surface area (Å²) in [4.78, 5) is 4.77. The molecular formula is C26H38Cl2NOP. The fourth-order valence-electron chi connectivity index (χ4n) is 4.18. The topological polar surface area (TPSA) is 21.6 Å². The zero-order chi connectivity index (χ0) is 22.8. The maximum atomic E-state index is 7.95. The number of aliphatic imine (C=N–C) groups is 1. The summed E-state index contributed by atoms with van der Waals surface area (Å²) in [6.45, 7) is 6.76. The Labute approximate surface area is 199 Å². The van der Waals surface area contributed by atoms with Crippen molar-refractivity contribution in [2.24, 2.45) is 4.99 Å². The van der Waals surface area contributed by atoms with E-state index in [1.54, 1.807) is 7.11 Å². The molecule has 0 spiro atoms. The number of benzene rings is 2. The van der Waals surface area contributed by atoms with Gasteiger partial charge in [0.15, 0.2) is 0 Å². The number of hydrogen-bond donors (Lipinski definition) is 0. The van der Waals surface area contributed by atoms with Crippen LogP contribution in [0.1, 0.15) is 64.9 Å². The van der Waals surface area contributed by atoms with E-state index < -0.39 is 5.96 Å². The van der Waals surface area contributed by atoms with Crippen molar-refractivity contribution in [3.05, 3.63) is 53.1 Å². The van der Waals surface area contributed by atoms with Crippen LogP contribution in [0.2, 0.25) is 5.02 Å². The zero-order valence-corrected chi connectivity index (χ0v) is 21.9. The molecule has 0 aliphatic rings. The van der Waals surface area contributed by atoms with E-state index in [0.717, 1.165) is 79.0 Å². The monoisotopic (exact) mass is 481 g/mol. The van der Waals surface area contributed by atoms with Gasteiger partial charge in [0.1, 0.15) is 0 Å². The molecule has 31 heavy (non-hydrogen) atoms. The Morgan fingerprint density at radius 1 is 0.871 bits per heavy atom.